The van der Waals surface area contributed by atoms with Crippen LogP contribution in [0.25, 0.3) is 10.9 Å². The number of alkyl halides is 1. The highest BCUT2D eigenvalue weighted by Crippen LogP contribution is 2.34. The third-order valence-corrected chi connectivity index (χ3v) is 7.06. The predicted octanol–water partition coefficient (Wildman–Crippen LogP) is 3.66. The zero-order chi connectivity index (χ0) is 25.5. The van der Waals surface area contributed by atoms with Crippen LogP contribution in [0.5, 0.6) is 11.5 Å². The number of nitrogens with one attached hydrogen (secondary N) is 1. The van der Waals surface area contributed by atoms with Crippen LogP contribution in [0.1, 0.15) is 32.8 Å². The van der Waals surface area contributed by atoms with Gasteiger partial charge in [0.25, 0.3) is 5.56 Å². The molecule has 0 radical (unpaired) electrons. The van der Waals surface area contributed by atoms with Crippen LogP contribution in [0.3, 0.4) is 0 Å². The second kappa shape index (κ2) is 8.90. The number of hydrogen-bond donors (Lipinski definition) is 1. The molecule has 2 aromatic carbocycles. The van der Waals surface area contributed by atoms with Gasteiger partial charge < -0.3 is 4.74 Å². The van der Waals surface area contributed by atoms with Crippen LogP contribution in [-0.2, 0) is 15.7 Å². The molecule has 1 N–H and O–H groups in total. The SMILES string of the molecule is CC(C)(C)n1cnc2ccc(Oc3c(F)ccc(NS(=O)(=O)N4CC[C@@H](F)C4)c3C#N)cc2c1=O. The lowest BCUT2D eigenvalue weighted by Gasteiger charge is -2.22. The van der Waals surface area contributed by atoms with Crippen molar-refractivity contribution in [3.8, 4) is 17.6 Å². The molecule has 4 rings (SSSR count). The topological polar surface area (TPSA) is 117 Å². The van der Waals surface area contributed by atoms with E-state index in [0.29, 0.717) is 5.52 Å². The van der Waals surface area contributed by atoms with Gasteiger partial charge in [0.05, 0.1) is 22.9 Å². The molecule has 0 unspecified atom stereocenters. The molecule has 1 atom stereocenters. The maximum absolute atomic E-state index is 14.7. The summed E-state index contributed by atoms with van der Waals surface area (Å²) >= 11 is 0. The van der Waals surface area contributed by atoms with Crippen LogP contribution < -0.4 is 15.0 Å². The molecule has 184 valence electrons. The Labute approximate surface area is 200 Å². The minimum atomic E-state index is -4.17. The number of halogens is 2. The standard InChI is InChI=1S/C23H23F2N5O4S/c1-23(2,3)30-13-27-19-6-4-15(10-16(19)22(30)31)34-21-17(11-26)20(7-5-18(21)25)28-35(32,33)29-9-8-14(24)12-29/h4-7,10,13-14,28H,8-9,12H2,1-3H3/t14-/m1/s1. The summed E-state index contributed by atoms with van der Waals surface area (Å²) in [6, 6.07) is 8.17. The number of ether oxygens (including phenoxy) is 1. The van der Waals surface area contributed by atoms with Gasteiger partial charge in [-0.2, -0.15) is 18.0 Å². The highest BCUT2D eigenvalue weighted by Gasteiger charge is 2.32. The van der Waals surface area contributed by atoms with E-state index in [0.717, 1.165) is 16.4 Å². The Morgan fingerprint density at radius 3 is 2.63 bits per heavy atom. The van der Waals surface area contributed by atoms with Crippen molar-refractivity contribution < 1.29 is 21.9 Å². The van der Waals surface area contributed by atoms with Crippen LogP contribution in [0.2, 0.25) is 0 Å². The molecule has 0 saturated carbocycles. The molecule has 0 amide bonds. The Morgan fingerprint density at radius 2 is 2.00 bits per heavy atom. The number of rotatable bonds is 5. The minimum Gasteiger partial charge on any atom is -0.453 e. The fraction of sp³-hybridized carbons (Fsp3) is 0.348. The van der Waals surface area contributed by atoms with Gasteiger partial charge >= 0.3 is 10.2 Å². The Balaban J connectivity index is 1.72. The molecule has 3 aromatic rings. The van der Waals surface area contributed by atoms with Gasteiger partial charge in [-0.3, -0.25) is 14.1 Å². The average molecular weight is 504 g/mol. The second-order valence-corrected chi connectivity index (χ2v) is 10.8. The molecular formula is C23H23F2N5O4S. The first-order chi connectivity index (χ1) is 16.4. The van der Waals surface area contributed by atoms with Gasteiger partial charge in [-0.05, 0) is 57.5 Å². The van der Waals surface area contributed by atoms with E-state index in [-0.39, 0.29) is 41.9 Å². The van der Waals surface area contributed by atoms with Crippen molar-refractivity contribution >= 4 is 26.8 Å². The monoisotopic (exact) mass is 503 g/mol. The highest BCUT2D eigenvalue weighted by atomic mass is 32.2. The van der Waals surface area contributed by atoms with Crippen LogP contribution in [0, 0.1) is 17.1 Å². The molecule has 12 heteroatoms. The van der Waals surface area contributed by atoms with Crippen LogP contribution in [-0.4, -0.2) is 41.5 Å². The van der Waals surface area contributed by atoms with Crippen molar-refractivity contribution in [2.24, 2.45) is 0 Å². The van der Waals surface area contributed by atoms with Crippen LogP contribution in [0.4, 0.5) is 14.5 Å². The molecule has 1 aromatic heterocycles. The van der Waals surface area contributed by atoms with Crippen LogP contribution in [0.15, 0.2) is 41.5 Å². The number of fused-ring (bicyclic) bond motifs is 1. The Bertz CT molecular complexity index is 1510. The summed E-state index contributed by atoms with van der Waals surface area (Å²) in [4.78, 5) is 17.2. The summed E-state index contributed by atoms with van der Waals surface area (Å²) in [7, 11) is -4.17. The third kappa shape index (κ3) is 4.82. The van der Waals surface area contributed by atoms with Crippen molar-refractivity contribution in [3.63, 3.8) is 0 Å². The van der Waals surface area contributed by atoms with Gasteiger partial charge in [0.1, 0.15) is 23.6 Å². The molecular weight excluding hydrogens is 480 g/mol. The zero-order valence-corrected chi connectivity index (χ0v) is 20.1. The van der Waals surface area contributed by atoms with E-state index in [1.807, 2.05) is 20.8 Å². The molecule has 9 nitrogen and oxygen atoms in total. The van der Waals surface area contributed by atoms with E-state index in [1.165, 1.54) is 29.1 Å². The molecule has 1 saturated heterocycles. The molecule has 0 spiro atoms. The van der Waals surface area contributed by atoms with E-state index in [2.05, 4.69) is 9.71 Å². The van der Waals surface area contributed by atoms with Gasteiger partial charge in [0.15, 0.2) is 11.6 Å². The smallest absolute Gasteiger partial charge is 0.301 e. The van der Waals surface area contributed by atoms with Gasteiger partial charge in [0.2, 0.25) is 0 Å². The number of aromatic nitrogens is 2. The summed E-state index contributed by atoms with van der Waals surface area (Å²) in [5, 5.41) is 9.91. The Kier molecular flexibility index (Phi) is 6.25. The summed E-state index contributed by atoms with van der Waals surface area (Å²) in [5.74, 6) is -1.37. The molecule has 1 fully saturated rings. The minimum absolute atomic E-state index is 0.0137. The second-order valence-electron chi connectivity index (χ2n) is 9.13. The first-order valence-corrected chi connectivity index (χ1v) is 12.2. The van der Waals surface area contributed by atoms with Crippen molar-refractivity contribution in [2.45, 2.75) is 38.9 Å². The molecule has 0 aliphatic carbocycles. The number of nitriles is 1. The van der Waals surface area contributed by atoms with Crippen molar-refractivity contribution in [1.29, 1.82) is 5.26 Å². The lowest BCUT2D eigenvalue weighted by Crippen LogP contribution is -2.34. The summed E-state index contributed by atoms with van der Waals surface area (Å²) < 4.78 is 63.7. The third-order valence-electron chi connectivity index (χ3n) is 5.57. The van der Waals surface area contributed by atoms with Crippen molar-refractivity contribution in [3.05, 3.63) is 58.4 Å². The number of anilines is 1. The first kappa shape index (κ1) is 24.6. The van der Waals surface area contributed by atoms with Gasteiger partial charge in [-0.1, -0.05) is 0 Å². The predicted molar refractivity (Wildman–Crippen MR) is 126 cm³/mol. The maximum atomic E-state index is 14.7. The Hall–Kier alpha value is -3.56. The van der Waals surface area contributed by atoms with Gasteiger partial charge in [-0.25, -0.2) is 13.8 Å². The molecule has 0 bridgehead atoms. The van der Waals surface area contributed by atoms with Crippen molar-refractivity contribution in [2.75, 3.05) is 17.8 Å². The normalized spacial score (nSPS) is 16.9. The zero-order valence-electron chi connectivity index (χ0n) is 19.2. The fourth-order valence-corrected chi connectivity index (χ4v) is 5.00. The maximum Gasteiger partial charge on any atom is 0.301 e. The summed E-state index contributed by atoms with van der Waals surface area (Å²) in [6.07, 6.45) is 0.233. The molecule has 1 aliphatic rings. The Morgan fingerprint density at radius 1 is 1.26 bits per heavy atom. The average Bonchev–Trinajstić information content (AvgIpc) is 3.23. The van der Waals surface area contributed by atoms with Crippen molar-refractivity contribution in [1.82, 2.24) is 13.9 Å². The van der Waals surface area contributed by atoms with Gasteiger partial charge in [-0.15, -0.1) is 0 Å². The summed E-state index contributed by atoms with van der Waals surface area (Å²) in [5.41, 5.74) is -1.07. The van der Waals surface area contributed by atoms with E-state index >= 15 is 0 Å². The van der Waals surface area contributed by atoms with Gasteiger partial charge in [0, 0.05) is 18.6 Å². The van der Waals surface area contributed by atoms with E-state index < -0.39 is 39.1 Å². The number of benzene rings is 2. The fourth-order valence-electron chi connectivity index (χ4n) is 3.72. The van der Waals surface area contributed by atoms with Crippen LogP contribution >= 0.6 is 0 Å². The lowest BCUT2D eigenvalue weighted by atomic mass is 10.1. The highest BCUT2D eigenvalue weighted by molar-refractivity contribution is 7.90. The molecule has 35 heavy (non-hydrogen) atoms. The molecule has 1 aliphatic heterocycles. The number of nitrogens with zero attached hydrogens (tertiary/aromatic N) is 4. The number of hydrogen-bond acceptors (Lipinski definition) is 6. The quantitative estimate of drug-likeness (QED) is 0.568. The molecule has 2 heterocycles. The van der Waals surface area contributed by atoms with E-state index in [9.17, 15) is 27.3 Å². The summed E-state index contributed by atoms with van der Waals surface area (Å²) in [6.45, 7) is 5.22. The lowest BCUT2D eigenvalue weighted by molar-refractivity contribution is 0.343. The largest absolute Gasteiger partial charge is 0.453 e. The van der Waals surface area contributed by atoms with E-state index in [1.54, 1.807) is 6.07 Å². The van der Waals surface area contributed by atoms with E-state index in [4.69, 9.17) is 4.74 Å². The first-order valence-electron chi connectivity index (χ1n) is 10.7.